The summed E-state index contributed by atoms with van der Waals surface area (Å²) in [6.45, 7) is 0.419. The Morgan fingerprint density at radius 2 is 1.65 bits per heavy atom. The molecule has 1 fully saturated rings. The minimum Gasteiger partial charge on any atom is -0.443 e. The van der Waals surface area contributed by atoms with Gasteiger partial charge in [0, 0.05) is 6.54 Å². The van der Waals surface area contributed by atoms with Crippen LogP contribution in [0.2, 0.25) is 0 Å². The monoisotopic (exact) mass is 429 g/mol. The van der Waals surface area contributed by atoms with Crippen LogP contribution in [0.3, 0.4) is 0 Å². The van der Waals surface area contributed by atoms with Crippen molar-refractivity contribution in [3.8, 4) is 10.8 Å². The van der Waals surface area contributed by atoms with Gasteiger partial charge in [-0.2, -0.15) is 0 Å². The first-order valence-electron chi connectivity index (χ1n) is 9.90. The molecule has 0 saturated carbocycles. The van der Waals surface area contributed by atoms with Crippen molar-refractivity contribution in [2.75, 3.05) is 0 Å². The Kier molecular flexibility index (Phi) is 5.09. The smallest absolute Gasteiger partial charge is 0.328 e. The maximum atomic E-state index is 13.4. The number of hydrogen-bond acceptors (Lipinski definition) is 5. The third kappa shape index (κ3) is 3.75. The van der Waals surface area contributed by atoms with Gasteiger partial charge in [-0.25, -0.2) is 9.78 Å². The molecule has 0 N–H and O–H groups in total. The molecule has 1 saturated heterocycles. The third-order valence-electron chi connectivity index (χ3n) is 5.20. The minimum atomic E-state index is -0.669. The Bertz CT molecular complexity index is 1190. The van der Waals surface area contributed by atoms with Gasteiger partial charge in [-0.1, -0.05) is 66.7 Å². The molecule has 7 heteroatoms. The second-order valence-corrected chi connectivity index (χ2v) is 8.20. The Labute approximate surface area is 183 Å². The number of rotatable bonds is 6. The second-order valence-electron chi connectivity index (χ2n) is 7.25. The molecule has 0 aliphatic carbocycles. The standard InChI is InChI=1S/C24H19N3O3S/c28-23-21(18-10-5-2-6-11-18)26(14-17-8-3-1-4-9-17)24(29)27(23)15-19-16-30-22(25-19)20-12-7-13-31-20/h1-13,16,21H,14-15H2. The van der Waals surface area contributed by atoms with E-state index in [0.29, 0.717) is 18.1 Å². The molecule has 2 aromatic carbocycles. The highest BCUT2D eigenvalue weighted by Crippen LogP contribution is 2.34. The molecule has 3 amide bonds. The van der Waals surface area contributed by atoms with Crippen molar-refractivity contribution in [2.24, 2.45) is 0 Å². The fraction of sp³-hybridized carbons (Fsp3) is 0.125. The van der Waals surface area contributed by atoms with Gasteiger partial charge >= 0.3 is 6.03 Å². The molecule has 6 nitrogen and oxygen atoms in total. The number of hydrogen-bond donors (Lipinski definition) is 0. The molecule has 31 heavy (non-hydrogen) atoms. The fourth-order valence-electron chi connectivity index (χ4n) is 3.74. The number of carbonyl (C=O) groups excluding carboxylic acids is 2. The van der Waals surface area contributed by atoms with E-state index in [0.717, 1.165) is 16.0 Å². The van der Waals surface area contributed by atoms with Crippen LogP contribution in [-0.4, -0.2) is 26.7 Å². The maximum absolute atomic E-state index is 13.4. The summed E-state index contributed by atoms with van der Waals surface area (Å²) in [6.07, 6.45) is 1.51. The first-order valence-corrected chi connectivity index (χ1v) is 10.8. The molecule has 0 spiro atoms. The molecule has 3 heterocycles. The van der Waals surface area contributed by atoms with E-state index in [1.807, 2.05) is 78.2 Å². The average Bonchev–Trinajstić information content (AvgIpc) is 3.53. The number of thiophene rings is 1. The first-order chi connectivity index (χ1) is 15.2. The van der Waals surface area contributed by atoms with Crippen molar-refractivity contribution in [1.82, 2.24) is 14.8 Å². The summed E-state index contributed by atoms with van der Waals surface area (Å²) < 4.78 is 5.56. The lowest BCUT2D eigenvalue weighted by atomic mass is 10.1. The summed E-state index contributed by atoms with van der Waals surface area (Å²) in [6, 6.07) is 21.9. The van der Waals surface area contributed by atoms with Gasteiger partial charge in [-0.15, -0.1) is 11.3 Å². The number of amides is 3. The molecule has 154 valence electrons. The Balaban J connectivity index is 1.44. The first kappa shape index (κ1) is 19.3. The van der Waals surface area contributed by atoms with Gasteiger partial charge in [0.05, 0.1) is 17.1 Å². The summed E-state index contributed by atoms with van der Waals surface area (Å²) in [7, 11) is 0. The zero-order chi connectivity index (χ0) is 21.2. The van der Waals surface area contributed by atoms with Gasteiger partial charge in [0.15, 0.2) is 0 Å². The number of urea groups is 1. The van der Waals surface area contributed by atoms with E-state index in [1.54, 1.807) is 4.90 Å². The van der Waals surface area contributed by atoms with Crippen molar-refractivity contribution in [3.63, 3.8) is 0 Å². The van der Waals surface area contributed by atoms with Crippen molar-refractivity contribution in [3.05, 3.63) is 101 Å². The highest BCUT2D eigenvalue weighted by atomic mass is 32.1. The average molecular weight is 430 g/mol. The Hall–Kier alpha value is -3.71. The lowest BCUT2D eigenvalue weighted by Crippen LogP contribution is -2.32. The van der Waals surface area contributed by atoms with Gasteiger partial charge < -0.3 is 9.32 Å². The van der Waals surface area contributed by atoms with Crippen LogP contribution >= 0.6 is 11.3 Å². The molecule has 1 atom stereocenters. The molecule has 0 bridgehead atoms. The van der Waals surface area contributed by atoms with Crippen LogP contribution in [0.5, 0.6) is 0 Å². The largest absolute Gasteiger partial charge is 0.443 e. The van der Waals surface area contributed by atoms with Crippen LogP contribution < -0.4 is 0 Å². The van der Waals surface area contributed by atoms with E-state index < -0.39 is 6.04 Å². The van der Waals surface area contributed by atoms with Crippen LogP contribution in [0.4, 0.5) is 4.79 Å². The van der Waals surface area contributed by atoms with E-state index >= 15 is 0 Å². The van der Waals surface area contributed by atoms with E-state index in [1.165, 1.54) is 22.5 Å². The van der Waals surface area contributed by atoms with Crippen molar-refractivity contribution in [1.29, 1.82) is 0 Å². The van der Waals surface area contributed by atoms with Gasteiger partial charge in [0.25, 0.3) is 5.91 Å². The zero-order valence-electron chi connectivity index (χ0n) is 16.5. The fourth-order valence-corrected chi connectivity index (χ4v) is 4.39. The third-order valence-corrected chi connectivity index (χ3v) is 6.06. The number of benzene rings is 2. The molecule has 1 aliphatic rings. The van der Waals surface area contributed by atoms with Gasteiger partial charge in [-0.3, -0.25) is 9.69 Å². The number of carbonyl (C=O) groups is 2. The van der Waals surface area contributed by atoms with Gasteiger partial charge in [0.1, 0.15) is 12.3 Å². The molecule has 4 aromatic rings. The summed E-state index contributed by atoms with van der Waals surface area (Å²) in [5.74, 6) is 0.234. The lowest BCUT2D eigenvalue weighted by molar-refractivity contribution is -0.129. The van der Waals surface area contributed by atoms with Crippen LogP contribution in [0.25, 0.3) is 10.8 Å². The summed E-state index contributed by atoms with van der Waals surface area (Å²) in [5.41, 5.74) is 2.30. The highest BCUT2D eigenvalue weighted by Gasteiger charge is 2.46. The quantitative estimate of drug-likeness (QED) is 0.400. The van der Waals surface area contributed by atoms with Crippen molar-refractivity contribution >= 4 is 23.3 Å². The molecular formula is C24H19N3O3S. The summed E-state index contributed by atoms with van der Waals surface area (Å²) >= 11 is 1.52. The van der Waals surface area contributed by atoms with Crippen LogP contribution in [0.15, 0.2) is 88.9 Å². The number of nitrogens with zero attached hydrogens (tertiary/aromatic N) is 3. The summed E-state index contributed by atoms with van der Waals surface area (Å²) in [5, 5.41) is 1.94. The number of imide groups is 1. The van der Waals surface area contributed by atoms with Crippen LogP contribution in [0, 0.1) is 0 Å². The molecule has 5 rings (SSSR count). The van der Waals surface area contributed by atoms with E-state index in [4.69, 9.17) is 4.42 Å². The minimum absolute atomic E-state index is 0.0706. The van der Waals surface area contributed by atoms with Crippen molar-refractivity contribution in [2.45, 2.75) is 19.1 Å². The van der Waals surface area contributed by atoms with Crippen LogP contribution in [0.1, 0.15) is 22.9 Å². The number of oxazole rings is 1. The topological polar surface area (TPSA) is 66.7 Å². The lowest BCUT2D eigenvalue weighted by Gasteiger charge is -2.22. The van der Waals surface area contributed by atoms with Crippen LogP contribution in [-0.2, 0) is 17.9 Å². The molecular weight excluding hydrogens is 410 g/mol. The normalized spacial score (nSPS) is 16.3. The van der Waals surface area contributed by atoms with Gasteiger partial charge in [-0.05, 0) is 22.6 Å². The Morgan fingerprint density at radius 3 is 2.35 bits per heavy atom. The van der Waals surface area contributed by atoms with E-state index in [2.05, 4.69) is 4.98 Å². The molecule has 1 unspecified atom stereocenters. The predicted octanol–water partition coefficient (Wildman–Crippen LogP) is 5.11. The molecule has 0 radical (unpaired) electrons. The van der Waals surface area contributed by atoms with Gasteiger partial charge in [0.2, 0.25) is 5.89 Å². The Morgan fingerprint density at radius 1 is 0.903 bits per heavy atom. The predicted molar refractivity (Wildman–Crippen MR) is 117 cm³/mol. The molecule has 2 aromatic heterocycles. The SMILES string of the molecule is O=C1C(c2ccccc2)N(Cc2ccccc2)C(=O)N1Cc1coc(-c2cccs2)n1. The highest BCUT2D eigenvalue weighted by molar-refractivity contribution is 7.13. The number of aromatic nitrogens is 1. The van der Waals surface area contributed by atoms with E-state index in [9.17, 15) is 9.59 Å². The second kappa shape index (κ2) is 8.20. The zero-order valence-corrected chi connectivity index (χ0v) is 17.4. The van der Waals surface area contributed by atoms with E-state index in [-0.39, 0.29) is 18.5 Å². The maximum Gasteiger partial charge on any atom is 0.328 e. The van der Waals surface area contributed by atoms with Crippen molar-refractivity contribution < 1.29 is 14.0 Å². The molecule has 1 aliphatic heterocycles. The summed E-state index contributed by atoms with van der Waals surface area (Å²) in [4.78, 5) is 34.9.